The summed E-state index contributed by atoms with van der Waals surface area (Å²) in [5.41, 5.74) is 5.63. The second-order valence-electron chi connectivity index (χ2n) is 3.73. The normalized spacial score (nSPS) is 12.8. The third kappa shape index (κ3) is 3.43. The first-order chi connectivity index (χ1) is 7.21. The SMILES string of the molecule is CCc1nsc(N(CC)CC(C)CN)n1. The van der Waals surface area contributed by atoms with Gasteiger partial charge in [-0.15, -0.1) is 0 Å². The number of aryl methyl sites for hydroxylation is 1. The molecule has 4 nitrogen and oxygen atoms in total. The highest BCUT2D eigenvalue weighted by Crippen LogP contribution is 2.18. The minimum Gasteiger partial charge on any atom is -0.347 e. The van der Waals surface area contributed by atoms with E-state index in [0.717, 1.165) is 37.0 Å². The summed E-state index contributed by atoms with van der Waals surface area (Å²) in [6.07, 6.45) is 0.903. The predicted molar refractivity (Wildman–Crippen MR) is 65.4 cm³/mol. The highest BCUT2D eigenvalue weighted by molar-refractivity contribution is 7.09. The molecular formula is C10H20N4S. The fraction of sp³-hybridized carbons (Fsp3) is 0.800. The maximum absolute atomic E-state index is 5.63. The molecule has 2 N–H and O–H groups in total. The van der Waals surface area contributed by atoms with Crippen molar-refractivity contribution in [3.8, 4) is 0 Å². The van der Waals surface area contributed by atoms with Gasteiger partial charge in [-0.3, -0.25) is 0 Å². The van der Waals surface area contributed by atoms with Crippen LogP contribution in [0.2, 0.25) is 0 Å². The summed E-state index contributed by atoms with van der Waals surface area (Å²) in [7, 11) is 0. The van der Waals surface area contributed by atoms with E-state index in [0.29, 0.717) is 5.92 Å². The van der Waals surface area contributed by atoms with Gasteiger partial charge in [0.05, 0.1) is 0 Å². The molecule has 0 aliphatic heterocycles. The van der Waals surface area contributed by atoms with Crippen molar-refractivity contribution in [1.29, 1.82) is 0 Å². The van der Waals surface area contributed by atoms with Crippen LogP contribution in [0, 0.1) is 5.92 Å². The minimum absolute atomic E-state index is 0.499. The molecule has 1 aromatic heterocycles. The lowest BCUT2D eigenvalue weighted by molar-refractivity contribution is 0.575. The Morgan fingerprint density at radius 3 is 2.67 bits per heavy atom. The molecule has 0 saturated carbocycles. The first-order valence-corrected chi connectivity index (χ1v) is 6.26. The highest BCUT2D eigenvalue weighted by atomic mass is 32.1. The zero-order valence-corrected chi connectivity index (χ0v) is 10.5. The average Bonchev–Trinajstić information content (AvgIpc) is 2.73. The van der Waals surface area contributed by atoms with Gasteiger partial charge >= 0.3 is 0 Å². The number of nitrogens with zero attached hydrogens (tertiary/aromatic N) is 3. The largest absolute Gasteiger partial charge is 0.347 e. The lowest BCUT2D eigenvalue weighted by Gasteiger charge is -2.22. The summed E-state index contributed by atoms with van der Waals surface area (Å²) in [5, 5.41) is 1.02. The molecule has 0 bridgehead atoms. The van der Waals surface area contributed by atoms with Gasteiger partial charge in [-0.1, -0.05) is 13.8 Å². The molecule has 0 radical (unpaired) electrons. The number of anilines is 1. The third-order valence-corrected chi connectivity index (χ3v) is 3.18. The second kappa shape index (κ2) is 6.02. The number of nitrogens with two attached hydrogens (primary N) is 1. The van der Waals surface area contributed by atoms with Crippen LogP contribution in [-0.4, -0.2) is 29.0 Å². The van der Waals surface area contributed by atoms with Gasteiger partial charge in [0, 0.05) is 31.0 Å². The fourth-order valence-corrected chi connectivity index (χ4v) is 2.13. The van der Waals surface area contributed by atoms with Gasteiger partial charge in [0.1, 0.15) is 5.82 Å². The van der Waals surface area contributed by atoms with E-state index in [1.165, 1.54) is 11.5 Å². The molecule has 1 rings (SSSR count). The summed E-state index contributed by atoms with van der Waals surface area (Å²) in [4.78, 5) is 6.72. The summed E-state index contributed by atoms with van der Waals surface area (Å²) >= 11 is 1.48. The number of aromatic nitrogens is 2. The van der Waals surface area contributed by atoms with Crippen LogP contribution in [0.3, 0.4) is 0 Å². The maximum Gasteiger partial charge on any atom is 0.205 e. The lowest BCUT2D eigenvalue weighted by atomic mass is 10.2. The summed E-state index contributed by atoms with van der Waals surface area (Å²) in [5.74, 6) is 1.44. The Morgan fingerprint density at radius 2 is 2.20 bits per heavy atom. The molecule has 0 aliphatic rings. The maximum atomic E-state index is 5.63. The lowest BCUT2D eigenvalue weighted by Crippen LogP contribution is -2.31. The van der Waals surface area contributed by atoms with Crippen LogP contribution >= 0.6 is 11.5 Å². The van der Waals surface area contributed by atoms with Crippen molar-refractivity contribution in [2.24, 2.45) is 11.7 Å². The van der Waals surface area contributed by atoms with Crippen molar-refractivity contribution < 1.29 is 0 Å². The number of rotatable bonds is 6. The molecule has 15 heavy (non-hydrogen) atoms. The molecule has 1 heterocycles. The van der Waals surface area contributed by atoms with Gasteiger partial charge in [-0.25, -0.2) is 4.98 Å². The molecule has 0 saturated heterocycles. The summed E-state index contributed by atoms with van der Waals surface area (Å²) in [6.45, 7) is 9.01. The molecule has 1 unspecified atom stereocenters. The molecule has 0 aromatic carbocycles. The summed E-state index contributed by atoms with van der Waals surface area (Å²) in [6, 6.07) is 0. The Balaban J connectivity index is 2.65. The van der Waals surface area contributed by atoms with E-state index in [1.807, 2.05) is 0 Å². The quantitative estimate of drug-likeness (QED) is 0.802. The molecule has 86 valence electrons. The number of hydrogen-bond acceptors (Lipinski definition) is 5. The van der Waals surface area contributed by atoms with E-state index in [1.54, 1.807) is 0 Å². The number of hydrogen-bond donors (Lipinski definition) is 1. The Labute approximate surface area is 95.7 Å². The van der Waals surface area contributed by atoms with Crippen molar-refractivity contribution in [2.75, 3.05) is 24.5 Å². The van der Waals surface area contributed by atoms with Gasteiger partial charge in [0.25, 0.3) is 0 Å². The molecule has 1 atom stereocenters. The van der Waals surface area contributed by atoms with Crippen molar-refractivity contribution in [2.45, 2.75) is 27.2 Å². The van der Waals surface area contributed by atoms with E-state index in [4.69, 9.17) is 5.73 Å². The van der Waals surface area contributed by atoms with E-state index < -0.39 is 0 Å². The Bertz CT molecular complexity index is 287. The molecule has 0 spiro atoms. The van der Waals surface area contributed by atoms with E-state index in [-0.39, 0.29) is 0 Å². The van der Waals surface area contributed by atoms with Crippen LogP contribution in [0.15, 0.2) is 0 Å². The second-order valence-corrected chi connectivity index (χ2v) is 4.46. The summed E-state index contributed by atoms with van der Waals surface area (Å²) < 4.78 is 4.29. The van der Waals surface area contributed by atoms with E-state index >= 15 is 0 Å². The van der Waals surface area contributed by atoms with Gasteiger partial charge in [-0.05, 0) is 19.4 Å². The molecule has 1 aromatic rings. The van der Waals surface area contributed by atoms with Crippen molar-refractivity contribution in [3.05, 3.63) is 5.82 Å². The first kappa shape index (κ1) is 12.4. The molecule has 0 amide bonds. The molecule has 0 fully saturated rings. The average molecular weight is 228 g/mol. The van der Waals surface area contributed by atoms with Gasteiger partial charge in [0.2, 0.25) is 5.13 Å². The van der Waals surface area contributed by atoms with Crippen LogP contribution in [0.5, 0.6) is 0 Å². The van der Waals surface area contributed by atoms with E-state index in [2.05, 4.69) is 35.0 Å². The Hall–Kier alpha value is -0.680. The predicted octanol–water partition coefficient (Wildman–Crippen LogP) is 1.52. The molecule has 0 aliphatic carbocycles. The minimum atomic E-state index is 0.499. The zero-order valence-electron chi connectivity index (χ0n) is 9.73. The van der Waals surface area contributed by atoms with Gasteiger partial charge < -0.3 is 10.6 Å². The van der Waals surface area contributed by atoms with E-state index in [9.17, 15) is 0 Å². The van der Waals surface area contributed by atoms with Crippen LogP contribution in [0.25, 0.3) is 0 Å². The standard InChI is InChI=1S/C10H20N4S/c1-4-9-12-10(15-13-9)14(5-2)7-8(3)6-11/h8H,4-7,11H2,1-3H3. The Kier molecular flexibility index (Phi) is 4.98. The monoisotopic (exact) mass is 228 g/mol. The van der Waals surface area contributed by atoms with Crippen molar-refractivity contribution in [1.82, 2.24) is 9.36 Å². The van der Waals surface area contributed by atoms with Crippen molar-refractivity contribution >= 4 is 16.7 Å². The van der Waals surface area contributed by atoms with Crippen LogP contribution < -0.4 is 10.6 Å². The van der Waals surface area contributed by atoms with Gasteiger partial charge in [-0.2, -0.15) is 4.37 Å². The topological polar surface area (TPSA) is 55.0 Å². The van der Waals surface area contributed by atoms with Gasteiger partial charge in [0.15, 0.2) is 0 Å². The fourth-order valence-electron chi connectivity index (χ4n) is 1.31. The van der Waals surface area contributed by atoms with Crippen LogP contribution in [-0.2, 0) is 6.42 Å². The first-order valence-electron chi connectivity index (χ1n) is 5.48. The van der Waals surface area contributed by atoms with Crippen LogP contribution in [0.1, 0.15) is 26.6 Å². The van der Waals surface area contributed by atoms with Crippen molar-refractivity contribution in [3.63, 3.8) is 0 Å². The zero-order chi connectivity index (χ0) is 11.3. The third-order valence-electron chi connectivity index (χ3n) is 2.36. The van der Waals surface area contributed by atoms with Crippen LogP contribution in [0.4, 0.5) is 5.13 Å². The smallest absolute Gasteiger partial charge is 0.205 e. The molecule has 5 heteroatoms. The highest BCUT2D eigenvalue weighted by Gasteiger charge is 2.12. The molecular weight excluding hydrogens is 208 g/mol. The Morgan fingerprint density at radius 1 is 1.47 bits per heavy atom.